The van der Waals surface area contributed by atoms with Crippen LogP contribution in [0.5, 0.6) is 5.75 Å². The first kappa shape index (κ1) is 19.7. The smallest absolute Gasteiger partial charge is 0.239 e. The molecule has 0 bridgehead atoms. The number of fused-ring (bicyclic) bond motifs is 2. The van der Waals surface area contributed by atoms with Gasteiger partial charge in [-0.25, -0.2) is 4.98 Å². The lowest BCUT2D eigenvalue weighted by Crippen LogP contribution is -2.32. The monoisotopic (exact) mass is 416 g/mol. The number of pyridine rings is 1. The van der Waals surface area contributed by atoms with Gasteiger partial charge in [0.05, 0.1) is 7.11 Å². The fourth-order valence-corrected chi connectivity index (χ4v) is 4.71. The lowest BCUT2D eigenvalue weighted by Gasteiger charge is -2.21. The molecule has 0 atom stereocenters. The second kappa shape index (κ2) is 8.46. The SMILES string of the molecule is COc1ccc2c(c1)c(-c1cc3cccnc3[nH]1)cn2CC(=O)NCC1CCCCC1. The van der Waals surface area contributed by atoms with Crippen molar-refractivity contribution in [2.24, 2.45) is 5.92 Å². The number of carbonyl (C=O) groups is 1. The topological polar surface area (TPSA) is 71.9 Å². The van der Waals surface area contributed by atoms with Crippen LogP contribution < -0.4 is 10.1 Å². The zero-order valence-electron chi connectivity index (χ0n) is 17.9. The Labute approximate surface area is 181 Å². The maximum atomic E-state index is 12.7. The van der Waals surface area contributed by atoms with E-state index in [4.69, 9.17) is 4.74 Å². The van der Waals surface area contributed by atoms with Gasteiger partial charge in [-0.3, -0.25) is 4.79 Å². The third-order valence-electron chi connectivity index (χ3n) is 6.40. The van der Waals surface area contributed by atoms with Crippen molar-refractivity contribution in [2.75, 3.05) is 13.7 Å². The number of aromatic nitrogens is 3. The van der Waals surface area contributed by atoms with Crippen LogP contribution in [-0.2, 0) is 11.3 Å². The number of hydrogen-bond acceptors (Lipinski definition) is 3. The molecule has 1 aromatic carbocycles. The molecule has 6 nitrogen and oxygen atoms in total. The highest BCUT2D eigenvalue weighted by Gasteiger charge is 2.17. The van der Waals surface area contributed by atoms with Gasteiger partial charge >= 0.3 is 0 Å². The predicted molar refractivity (Wildman–Crippen MR) is 123 cm³/mol. The summed E-state index contributed by atoms with van der Waals surface area (Å²) >= 11 is 0. The average Bonchev–Trinajstić information content (AvgIpc) is 3.39. The van der Waals surface area contributed by atoms with Crippen LogP contribution >= 0.6 is 0 Å². The number of rotatable bonds is 6. The third kappa shape index (κ3) is 4.02. The molecule has 2 N–H and O–H groups in total. The van der Waals surface area contributed by atoms with Crippen LogP contribution in [0, 0.1) is 5.92 Å². The Morgan fingerprint density at radius 3 is 2.90 bits per heavy atom. The molecule has 160 valence electrons. The van der Waals surface area contributed by atoms with Crippen LogP contribution in [-0.4, -0.2) is 34.1 Å². The number of methoxy groups -OCH3 is 1. The number of ether oxygens (including phenoxy) is 1. The van der Waals surface area contributed by atoms with Crippen LogP contribution in [0.4, 0.5) is 0 Å². The Bertz CT molecular complexity index is 1180. The summed E-state index contributed by atoms with van der Waals surface area (Å²) in [5.74, 6) is 1.48. The molecule has 3 heterocycles. The number of H-pyrrole nitrogens is 1. The zero-order valence-corrected chi connectivity index (χ0v) is 17.9. The van der Waals surface area contributed by atoms with Gasteiger partial charge < -0.3 is 19.6 Å². The van der Waals surface area contributed by atoms with E-state index in [1.165, 1.54) is 32.1 Å². The van der Waals surface area contributed by atoms with E-state index in [0.29, 0.717) is 12.5 Å². The maximum absolute atomic E-state index is 12.7. The average molecular weight is 417 g/mol. The molecular formula is C25H28N4O2. The van der Waals surface area contributed by atoms with Gasteiger partial charge in [0.1, 0.15) is 17.9 Å². The molecular weight excluding hydrogens is 388 g/mol. The standard InChI is InChI=1S/C25H28N4O2/c1-31-19-9-10-23-20(13-19)21(22-12-18-8-5-11-26-25(18)28-22)15-29(23)16-24(30)27-14-17-6-3-2-4-7-17/h5,8-13,15,17H,2-4,6-7,14,16H2,1H3,(H,26,28)(H,27,30). The van der Waals surface area contributed by atoms with Crippen molar-refractivity contribution in [1.29, 1.82) is 0 Å². The Morgan fingerprint density at radius 1 is 1.23 bits per heavy atom. The van der Waals surface area contributed by atoms with Crippen molar-refractivity contribution in [3.8, 4) is 17.0 Å². The summed E-state index contributed by atoms with van der Waals surface area (Å²) in [6, 6.07) is 12.1. The number of nitrogens with zero attached hydrogens (tertiary/aromatic N) is 2. The van der Waals surface area contributed by atoms with E-state index < -0.39 is 0 Å². The molecule has 0 saturated heterocycles. The van der Waals surface area contributed by atoms with Gasteiger partial charge in [-0.15, -0.1) is 0 Å². The van der Waals surface area contributed by atoms with Gasteiger partial charge in [0, 0.05) is 46.5 Å². The molecule has 6 heteroatoms. The summed E-state index contributed by atoms with van der Waals surface area (Å²) in [4.78, 5) is 20.6. The highest BCUT2D eigenvalue weighted by molar-refractivity contribution is 5.99. The van der Waals surface area contributed by atoms with Crippen molar-refractivity contribution in [1.82, 2.24) is 19.9 Å². The van der Waals surface area contributed by atoms with E-state index in [2.05, 4.69) is 27.5 Å². The highest BCUT2D eigenvalue weighted by Crippen LogP contribution is 2.34. The molecule has 1 amide bonds. The number of amides is 1. The van der Waals surface area contributed by atoms with Gasteiger partial charge in [0.2, 0.25) is 5.91 Å². The van der Waals surface area contributed by atoms with Crippen LogP contribution in [0.3, 0.4) is 0 Å². The van der Waals surface area contributed by atoms with Crippen molar-refractivity contribution in [2.45, 2.75) is 38.6 Å². The van der Waals surface area contributed by atoms with Crippen molar-refractivity contribution >= 4 is 27.8 Å². The molecule has 4 aromatic rings. The minimum atomic E-state index is 0.0585. The molecule has 3 aromatic heterocycles. The lowest BCUT2D eigenvalue weighted by molar-refractivity contribution is -0.121. The number of nitrogens with one attached hydrogen (secondary N) is 2. The molecule has 0 spiro atoms. The van der Waals surface area contributed by atoms with Crippen molar-refractivity contribution in [3.05, 3.63) is 48.8 Å². The lowest BCUT2D eigenvalue weighted by atomic mass is 9.89. The Morgan fingerprint density at radius 2 is 2.10 bits per heavy atom. The minimum absolute atomic E-state index is 0.0585. The van der Waals surface area contributed by atoms with Gasteiger partial charge in [0.15, 0.2) is 0 Å². The molecule has 31 heavy (non-hydrogen) atoms. The van der Waals surface area contributed by atoms with Crippen LogP contribution in [0.15, 0.2) is 48.8 Å². The first-order chi connectivity index (χ1) is 15.2. The van der Waals surface area contributed by atoms with Gasteiger partial charge in [-0.05, 0) is 55.2 Å². The summed E-state index contributed by atoms with van der Waals surface area (Å²) in [6.45, 7) is 1.08. The summed E-state index contributed by atoms with van der Waals surface area (Å²) in [5, 5.41) is 5.27. The fourth-order valence-electron chi connectivity index (χ4n) is 4.71. The summed E-state index contributed by atoms with van der Waals surface area (Å²) in [6.07, 6.45) is 10.2. The Balaban J connectivity index is 1.44. The molecule has 5 rings (SSSR count). The van der Waals surface area contributed by atoms with Gasteiger partial charge in [-0.1, -0.05) is 19.3 Å². The zero-order chi connectivity index (χ0) is 21.2. The molecule has 1 aliphatic rings. The first-order valence-corrected chi connectivity index (χ1v) is 11.1. The van der Waals surface area contributed by atoms with Gasteiger partial charge in [-0.2, -0.15) is 0 Å². The minimum Gasteiger partial charge on any atom is -0.497 e. The summed E-state index contributed by atoms with van der Waals surface area (Å²) in [7, 11) is 1.67. The molecule has 1 saturated carbocycles. The number of carbonyl (C=O) groups excluding carboxylic acids is 1. The fraction of sp³-hybridized carbons (Fsp3) is 0.360. The van der Waals surface area contributed by atoms with E-state index in [1.54, 1.807) is 13.3 Å². The second-order valence-electron chi connectivity index (χ2n) is 8.49. The molecule has 0 aliphatic heterocycles. The van der Waals surface area contributed by atoms with E-state index in [-0.39, 0.29) is 5.91 Å². The molecule has 0 unspecified atom stereocenters. The maximum Gasteiger partial charge on any atom is 0.239 e. The van der Waals surface area contributed by atoms with E-state index in [1.807, 2.05) is 34.9 Å². The Hall–Kier alpha value is -3.28. The molecule has 1 fully saturated rings. The molecule has 0 radical (unpaired) electrons. The number of hydrogen-bond donors (Lipinski definition) is 2. The van der Waals surface area contributed by atoms with Crippen LogP contribution in [0.1, 0.15) is 32.1 Å². The van der Waals surface area contributed by atoms with Crippen molar-refractivity contribution in [3.63, 3.8) is 0 Å². The van der Waals surface area contributed by atoms with Crippen molar-refractivity contribution < 1.29 is 9.53 Å². The first-order valence-electron chi connectivity index (χ1n) is 11.1. The second-order valence-corrected chi connectivity index (χ2v) is 8.49. The van der Waals surface area contributed by atoms with Gasteiger partial charge in [0.25, 0.3) is 0 Å². The van der Waals surface area contributed by atoms with E-state index >= 15 is 0 Å². The largest absolute Gasteiger partial charge is 0.497 e. The van der Waals surface area contributed by atoms with E-state index in [0.717, 1.165) is 45.5 Å². The number of benzene rings is 1. The Kier molecular flexibility index (Phi) is 5.37. The third-order valence-corrected chi connectivity index (χ3v) is 6.40. The highest BCUT2D eigenvalue weighted by atomic mass is 16.5. The summed E-state index contributed by atoms with van der Waals surface area (Å²) in [5.41, 5.74) is 3.88. The quantitative estimate of drug-likeness (QED) is 0.470. The van der Waals surface area contributed by atoms with Crippen LogP contribution in [0.2, 0.25) is 0 Å². The molecule has 1 aliphatic carbocycles. The summed E-state index contributed by atoms with van der Waals surface area (Å²) < 4.78 is 7.48. The number of aromatic amines is 1. The predicted octanol–water partition coefficient (Wildman–Crippen LogP) is 4.89. The van der Waals surface area contributed by atoms with E-state index in [9.17, 15) is 4.79 Å². The normalized spacial score (nSPS) is 14.9. The van der Waals surface area contributed by atoms with Crippen LogP contribution in [0.25, 0.3) is 33.2 Å².